The summed E-state index contributed by atoms with van der Waals surface area (Å²) in [6.45, 7) is 2.41. The first-order valence-electron chi connectivity index (χ1n) is 8.21. The van der Waals surface area contributed by atoms with Crippen molar-refractivity contribution in [3.8, 4) is 11.5 Å². The largest absolute Gasteiger partial charge is 0.485 e. The van der Waals surface area contributed by atoms with Crippen molar-refractivity contribution in [3.63, 3.8) is 0 Å². The van der Waals surface area contributed by atoms with Crippen LogP contribution < -0.4 is 9.47 Å². The van der Waals surface area contributed by atoms with Crippen LogP contribution in [0.1, 0.15) is 28.4 Å². The highest BCUT2D eigenvalue weighted by molar-refractivity contribution is 5.94. The normalized spacial score (nSPS) is 10.3. The molecule has 0 aliphatic rings. The number of ketones is 1. The first-order valence-corrected chi connectivity index (χ1v) is 8.21. The molecule has 0 spiro atoms. The van der Waals surface area contributed by atoms with Crippen molar-refractivity contribution in [2.45, 2.75) is 20.1 Å². The van der Waals surface area contributed by atoms with Gasteiger partial charge in [-0.1, -0.05) is 60.7 Å². The second-order valence-electron chi connectivity index (χ2n) is 5.77. The third kappa shape index (κ3) is 4.70. The van der Waals surface area contributed by atoms with Crippen LogP contribution in [0.2, 0.25) is 0 Å². The van der Waals surface area contributed by atoms with Gasteiger partial charge in [0.05, 0.1) is 0 Å². The SMILES string of the molecule is CC(=O)c1ccc(OCc2ccccc2)c(OCc2ccccc2)c1. The van der Waals surface area contributed by atoms with Crippen LogP contribution in [0.5, 0.6) is 11.5 Å². The van der Waals surface area contributed by atoms with Gasteiger partial charge in [0.2, 0.25) is 0 Å². The smallest absolute Gasteiger partial charge is 0.162 e. The Hall–Kier alpha value is -3.07. The lowest BCUT2D eigenvalue weighted by atomic mass is 10.1. The zero-order valence-electron chi connectivity index (χ0n) is 14.1. The molecule has 0 aliphatic carbocycles. The highest BCUT2D eigenvalue weighted by atomic mass is 16.5. The molecular formula is C22H20O3. The van der Waals surface area contributed by atoms with E-state index in [0.717, 1.165) is 11.1 Å². The first-order chi connectivity index (χ1) is 12.2. The fourth-order valence-electron chi connectivity index (χ4n) is 2.43. The quantitative estimate of drug-likeness (QED) is 0.568. The van der Waals surface area contributed by atoms with E-state index < -0.39 is 0 Å². The number of carbonyl (C=O) groups excluding carboxylic acids is 1. The molecule has 0 saturated carbocycles. The van der Waals surface area contributed by atoms with Crippen LogP contribution >= 0.6 is 0 Å². The summed E-state index contributed by atoms with van der Waals surface area (Å²) in [6, 6.07) is 25.1. The molecule has 0 N–H and O–H groups in total. The summed E-state index contributed by atoms with van der Waals surface area (Å²) in [6.07, 6.45) is 0. The Balaban J connectivity index is 1.77. The average Bonchev–Trinajstić information content (AvgIpc) is 2.66. The number of rotatable bonds is 7. The van der Waals surface area contributed by atoms with Gasteiger partial charge in [-0.25, -0.2) is 0 Å². The van der Waals surface area contributed by atoms with E-state index >= 15 is 0 Å². The van der Waals surface area contributed by atoms with Gasteiger partial charge in [-0.2, -0.15) is 0 Å². The summed E-state index contributed by atoms with van der Waals surface area (Å²) in [5.74, 6) is 1.21. The molecule has 0 saturated heterocycles. The fraction of sp³-hybridized carbons (Fsp3) is 0.136. The molecule has 0 atom stereocenters. The molecule has 0 heterocycles. The van der Waals surface area contributed by atoms with Crippen LogP contribution in [0, 0.1) is 0 Å². The molecule has 0 bridgehead atoms. The summed E-state index contributed by atoms with van der Waals surface area (Å²) >= 11 is 0. The van der Waals surface area contributed by atoms with Crippen LogP contribution in [-0.2, 0) is 13.2 Å². The van der Waals surface area contributed by atoms with Crippen molar-refractivity contribution < 1.29 is 14.3 Å². The monoisotopic (exact) mass is 332 g/mol. The number of benzene rings is 3. The number of ether oxygens (including phenoxy) is 2. The molecule has 0 fully saturated rings. The zero-order chi connectivity index (χ0) is 17.5. The fourth-order valence-corrected chi connectivity index (χ4v) is 2.43. The molecule has 126 valence electrons. The maximum absolute atomic E-state index is 11.7. The Morgan fingerprint density at radius 2 is 1.24 bits per heavy atom. The molecule has 0 aliphatic heterocycles. The minimum Gasteiger partial charge on any atom is -0.485 e. The van der Waals surface area contributed by atoms with E-state index in [1.165, 1.54) is 0 Å². The highest BCUT2D eigenvalue weighted by Gasteiger charge is 2.10. The van der Waals surface area contributed by atoms with Crippen molar-refractivity contribution in [1.29, 1.82) is 0 Å². The summed E-state index contributed by atoms with van der Waals surface area (Å²) in [4.78, 5) is 11.7. The molecule has 0 unspecified atom stereocenters. The van der Waals surface area contributed by atoms with Crippen molar-refractivity contribution >= 4 is 5.78 Å². The summed E-state index contributed by atoms with van der Waals surface area (Å²) in [5, 5.41) is 0. The predicted octanol–water partition coefficient (Wildman–Crippen LogP) is 5.05. The Bertz CT molecular complexity index is 826. The maximum Gasteiger partial charge on any atom is 0.162 e. The van der Waals surface area contributed by atoms with E-state index in [0.29, 0.717) is 30.3 Å². The summed E-state index contributed by atoms with van der Waals surface area (Å²) in [5.41, 5.74) is 2.74. The van der Waals surface area contributed by atoms with E-state index in [1.807, 2.05) is 60.7 Å². The van der Waals surface area contributed by atoms with Crippen LogP contribution in [-0.4, -0.2) is 5.78 Å². The predicted molar refractivity (Wildman–Crippen MR) is 98.0 cm³/mol. The van der Waals surface area contributed by atoms with Crippen molar-refractivity contribution in [2.24, 2.45) is 0 Å². The second kappa shape index (κ2) is 8.15. The molecule has 3 heteroatoms. The van der Waals surface area contributed by atoms with E-state index in [4.69, 9.17) is 9.47 Å². The molecule has 0 amide bonds. The summed E-state index contributed by atoms with van der Waals surface area (Å²) < 4.78 is 11.8. The lowest BCUT2D eigenvalue weighted by molar-refractivity contribution is 0.101. The minimum atomic E-state index is -0.000768. The molecule has 3 rings (SSSR count). The molecule has 25 heavy (non-hydrogen) atoms. The van der Waals surface area contributed by atoms with Crippen LogP contribution in [0.25, 0.3) is 0 Å². The van der Waals surface area contributed by atoms with E-state index in [-0.39, 0.29) is 5.78 Å². The number of hydrogen-bond acceptors (Lipinski definition) is 3. The molecule has 3 nitrogen and oxygen atoms in total. The lowest BCUT2D eigenvalue weighted by Crippen LogP contribution is -2.02. The van der Waals surface area contributed by atoms with Crippen LogP contribution in [0.3, 0.4) is 0 Å². The van der Waals surface area contributed by atoms with Gasteiger partial charge < -0.3 is 9.47 Å². The third-order valence-corrected chi connectivity index (χ3v) is 3.82. The summed E-state index contributed by atoms with van der Waals surface area (Å²) in [7, 11) is 0. The van der Waals surface area contributed by atoms with Gasteiger partial charge in [-0.05, 0) is 36.2 Å². The molecule has 0 radical (unpaired) electrons. The Morgan fingerprint density at radius 3 is 1.76 bits per heavy atom. The van der Waals surface area contributed by atoms with Crippen LogP contribution in [0.4, 0.5) is 0 Å². The Morgan fingerprint density at radius 1 is 0.720 bits per heavy atom. The maximum atomic E-state index is 11.7. The van der Waals surface area contributed by atoms with Crippen molar-refractivity contribution in [1.82, 2.24) is 0 Å². The van der Waals surface area contributed by atoms with Gasteiger partial charge in [-0.15, -0.1) is 0 Å². The standard InChI is InChI=1S/C22H20O3/c1-17(23)20-12-13-21(24-15-18-8-4-2-5-9-18)22(14-20)25-16-19-10-6-3-7-11-19/h2-14H,15-16H2,1H3. The van der Waals surface area contributed by atoms with Gasteiger partial charge >= 0.3 is 0 Å². The minimum absolute atomic E-state index is 0.000768. The zero-order valence-corrected chi connectivity index (χ0v) is 14.1. The molecule has 3 aromatic carbocycles. The molecular weight excluding hydrogens is 312 g/mol. The number of hydrogen-bond donors (Lipinski definition) is 0. The topological polar surface area (TPSA) is 35.5 Å². The van der Waals surface area contributed by atoms with E-state index in [1.54, 1.807) is 25.1 Å². The number of Topliss-reactive ketones (excluding diaryl/α,β-unsaturated/α-hetero) is 1. The van der Waals surface area contributed by atoms with Gasteiger partial charge in [0.25, 0.3) is 0 Å². The van der Waals surface area contributed by atoms with Crippen LogP contribution in [0.15, 0.2) is 78.9 Å². The second-order valence-corrected chi connectivity index (χ2v) is 5.77. The third-order valence-electron chi connectivity index (χ3n) is 3.82. The average molecular weight is 332 g/mol. The van der Waals surface area contributed by atoms with Gasteiger partial charge in [0.15, 0.2) is 17.3 Å². The van der Waals surface area contributed by atoms with Crippen molar-refractivity contribution in [2.75, 3.05) is 0 Å². The lowest BCUT2D eigenvalue weighted by Gasteiger charge is -2.14. The van der Waals surface area contributed by atoms with E-state index in [2.05, 4.69) is 0 Å². The molecule has 3 aromatic rings. The van der Waals surface area contributed by atoms with E-state index in [9.17, 15) is 4.79 Å². The van der Waals surface area contributed by atoms with Gasteiger partial charge in [0.1, 0.15) is 13.2 Å². The molecule has 0 aromatic heterocycles. The first kappa shape index (κ1) is 16.8. The van der Waals surface area contributed by atoms with Gasteiger partial charge in [-0.3, -0.25) is 4.79 Å². The Labute approximate surface area is 147 Å². The highest BCUT2D eigenvalue weighted by Crippen LogP contribution is 2.30. The Kier molecular flexibility index (Phi) is 5.47. The van der Waals surface area contributed by atoms with Crippen molar-refractivity contribution in [3.05, 3.63) is 95.6 Å². The van der Waals surface area contributed by atoms with Gasteiger partial charge in [0, 0.05) is 5.56 Å². The number of carbonyl (C=O) groups is 1.